The summed E-state index contributed by atoms with van der Waals surface area (Å²) >= 11 is 12.8. The Labute approximate surface area is 255 Å². The van der Waals surface area contributed by atoms with Gasteiger partial charge in [-0.15, -0.1) is 0 Å². The Morgan fingerprint density at radius 2 is 1.71 bits per heavy atom. The summed E-state index contributed by atoms with van der Waals surface area (Å²) in [6.07, 6.45) is 3.99. The first-order valence-corrected chi connectivity index (χ1v) is 15.0. The molecule has 4 heterocycles. The van der Waals surface area contributed by atoms with Crippen molar-refractivity contribution < 1.29 is 9.59 Å². The van der Waals surface area contributed by atoms with Gasteiger partial charge in [0.2, 0.25) is 11.9 Å². The van der Waals surface area contributed by atoms with Crippen LogP contribution in [0.3, 0.4) is 0 Å². The van der Waals surface area contributed by atoms with E-state index >= 15 is 0 Å². The third-order valence-corrected chi connectivity index (χ3v) is 8.77. The van der Waals surface area contributed by atoms with Crippen molar-refractivity contribution in [3.05, 3.63) is 63.8 Å². The van der Waals surface area contributed by atoms with Crippen LogP contribution in [0.25, 0.3) is 0 Å². The third-order valence-electron chi connectivity index (χ3n) is 8.16. The average Bonchev–Trinajstić information content (AvgIpc) is 3.49. The minimum absolute atomic E-state index is 0.129. The fraction of sp³-hybridized carbons (Fsp3) is 0.400. The number of aromatic nitrogens is 2. The Balaban J connectivity index is 1.24. The standard InChI is InChI=1S/C30H34Cl2N8O2/c1-20(41)38-12-14-39(15-13-38)26-9-8-22(16-21(26)18-37-10-3-4-11-37)34-30-33-17-23-28(35-30)36(2)19-40(29(23)42)27-24(31)6-5-7-25(27)32/h5-9,16-17H,3-4,10-15,18-19H2,1-2H3,(H,33,34,35). The summed E-state index contributed by atoms with van der Waals surface area (Å²) in [6.45, 7) is 8.02. The molecule has 0 aliphatic carbocycles. The van der Waals surface area contributed by atoms with Gasteiger partial charge in [0.25, 0.3) is 5.91 Å². The van der Waals surface area contributed by atoms with Crippen LogP contribution in [0, 0.1) is 0 Å². The van der Waals surface area contributed by atoms with E-state index in [1.54, 1.807) is 36.2 Å². The molecule has 3 aliphatic rings. The quantitative estimate of drug-likeness (QED) is 0.425. The highest BCUT2D eigenvalue weighted by molar-refractivity contribution is 6.40. The second-order valence-corrected chi connectivity index (χ2v) is 11.8. The number of piperazine rings is 1. The molecule has 2 amide bonds. The number of halogens is 2. The lowest BCUT2D eigenvalue weighted by atomic mass is 10.1. The Morgan fingerprint density at radius 3 is 2.40 bits per heavy atom. The van der Waals surface area contributed by atoms with E-state index in [-0.39, 0.29) is 18.5 Å². The van der Waals surface area contributed by atoms with E-state index in [4.69, 9.17) is 28.2 Å². The molecular formula is C30H34Cl2N8O2. The first-order valence-electron chi connectivity index (χ1n) is 14.3. The highest BCUT2D eigenvalue weighted by Gasteiger charge is 2.33. The van der Waals surface area contributed by atoms with Crippen molar-refractivity contribution in [2.24, 2.45) is 0 Å². The van der Waals surface area contributed by atoms with Gasteiger partial charge in [0.05, 0.1) is 22.4 Å². The van der Waals surface area contributed by atoms with Crippen LogP contribution in [-0.4, -0.2) is 84.6 Å². The fourth-order valence-electron chi connectivity index (χ4n) is 5.95. The maximum absolute atomic E-state index is 13.4. The van der Waals surface area contributed by atoms with Crippen molar-refractivity contribution >= 4 is 63.8 Å². The van der Waals surface area contributed by atoms with Crippen LogP contribution >= 0.6 is 23.2 Å². The number of amides is 2. The maximum Gasteiger partial charge on any atom is 0.265 e. The average molecular weight is 610 g/mol. The number of hydrogen-bond acceptors (Lipinski definition) is 8. The van der Waals surface area contributed by atoms with Gasteiger partial charge in [-0.05, 0) is 61.8 Å². The van der Waals surface area contributed by atoms with E-state index in [0.29, 0.717) is 33.1 Å². The van der Waals surface area contributed by atoms with Crippen molar-refractivity contribution in [3.8, 4) is 0 Å². The Bertz CT molecular complexity index is 1480. The molecule has 12 heteroatoms. The van der Waals surface area contributed by atoms with E-state index < -0.39 is 0 Å². The molecule has 1 N–H and O–H groups in total. The van der Waals surface area contributed by atoms with E-state index in [2.05, 4.69) is 32.2 Å². The van der Waals surface area contributed by atoms with E-state index in [0.717, 1.165) is 51.5 Å². The zero-order valence-electron chi connectivity index (χ0n) is 23.8. The molecule has 3 aliphatic heterocycles. The molecule has 6 rings (SSSR count). The zero-order valence-corrected chi connectivity index (χ0v) is 25.3. The predicted octanol–water partition coefficient (Wildman–Crippen LogP) is 4.85. The molecule has 1 aromatic heterocycles. The number of carbonyl (C=O) groups is 2. The lowest BCUT2D eigenvalue weighted by Gasteiger charge is -2.37. The van der Waals surface area contributed by atoms with Gasteiger partial charge in [0.15, 0.2) is 0 Å². The Kier molecular flexibility index (Phi) is 8.11. The third kappa shape index (κ3) is 5.71. The predicted molar refractivity (Wildman–Crippen MR) is 167 cm³/mol. The lowest BCUT2D eigenvalue weighted by Crippen LogP contribution is -2.48. The van der Waals surface area contributed by atoms with Crippen LogP contribution in [0.1, 0.15) is 35.7 Å². The summed E-state index contributed by atoms with van der Waals surface area (Å²) in [6, 6.07) is 11.5. The molecule has 0 atom stereocenters. The van der Waals surface area contributed by atoms with E-state index in [1.165, 1.54) is 24.1 Å². The second-order valence-electron chi connectivity index (χ2n) is 11.0. The van der Waals surface area contributed by atoms with E-state index in [9.17, 15) is 9.59 Å². The summed E-state index contributed by atoms with van der Waals surface area (Å²) in [5.74, 6) is 0.817. The number of para-hydroxylation sites is 1. The lowest BCUT2D eigenvalue weighted by molar-refractivity contribution is -0.129. The molecule has 220 valence electrons. The first-order chi connectivity index (χ1) is 20.3. The summed E-state index contributed by atoms with van der Waals surface area (Å²) in [5.41, 5.74) is 4.16. The molecule has 3 aromatic rings. The van der Waals surface area contributed by atoms with Crippen LogP contribution in [0.2, 0.25) is 10.0 Å². The van der Waals surface area contributed by atoms with Crippen molar-refractivity contribution in [1.82, 2.24) is 19.8 Å². The number of rotatable bonds is 6. The van der Waals surface area contributed by atoms with Crippen molar-refractivity contribution in [2.75, 3.05) is 73.0 Å². The molecular weight excluding hydrogens is 575 g/mol. The van der Waals surface area contributed by atoms with Crippen molar-refractivity contribution in [1.29, 1.82) is 0 Å². The van der Waals surface area contributed by atoms with Gasteiger partial charge in [0.1, 0.15) is 11.4 Å². The number of likely N-dealkylation sites (tertiary alicyclic amines) is 1. The number of fused-ring (bicyclic) bond motifs is 1. The van der Waals surface area contributed by atoms with Gasteiger partial charge in [-0.2, -0.15) is 4.98 Å². The molecule has 2 fully saturated rings. The Hall–Kier alpha value is -3.60. The SMILES string of the molecule is CC(=O)N1CCN(c2ccc(Nc3ncc4c(n3)N(C)CN(c3c(Cl)cccc3Cl)C4=O)cc2CN2CCCC2)CC1. The molecule has 0 spiro atoms. The minimum atomic E-state index is -0.258. The molecule has 10 nitrogen and oxygen atoms in total. The normalized spacial score (nSPS) is 17.6. The summed E-state index contributed by atoms with van der Waals surface area (Å²) < 4.78 is 0. The molecule has 42 heavy (non-hydrogen) atoms. The maximum atomic E-state index is 13.4. The number of carbonyl (C=O) groups excluding carboxylic acids is 2. The van der Waals surface area contributed by atoms with Crippen molar-refractivity contribution in [3.63, 3.8) is 0 Å². The summed E-state index contributed by atoms with van der Waals surface area (Å²) in [5, 5.41) is 4.17. The molecule has 0 unspecified atom stereocenters. The van der Waals surface area contributed by atoms with Gasteiger partial charge in [-0.3, -0.25) is 19.4 Å². The molecule has 2 aromatic carbocycles. The van der Waals surface area contributed by atoms with Crippen LogP contribution in [0.5, 0.6) is 0 Å². The number of hydrogen-bond donors (Lipinski definition) is 1. The first kappa shape index (κ1) is 28.5. The van der Waals surface area contributed by atoms with Crippen LogP contribution < -0.4 is 20.0 Å². The molecule has 0 bridgehead atoms. The zero-order chi connectivity index (χ0) is 29.4. The van der Waals surface area contributed by atoms with Crippen molar-refractivity contribution in [2.45, 2.75) is 26.3 Å². The topological polar surface area (TPSA) is 88.1 Å². The summed E-state index contributed by atoms with van der Waals surface area (Å²) in [4.78, 5) is 44.7. The summed E-state index contributed by atoms with van der Waals surface area (Å²) in [7, 11) is 1.87. The second kappa shape index (κ2) is 11.9. The van der Waals surface area contributed by atoms with Gasteiger partial charge in [-0.25, -0.2) is 4.98 Å². The monoisotopic (exact) mass is 608 g/mol. The van der Waals surface area contributed by atoms with Crippen LogP contribution in [0.15, 0.2) is 42.6 Å². The van der Waals surface area contributed by atoms with Gasteiger partial charge in [0, 0.05) is 64.3 Å². The largest absolute Gasteiger partial charge is 0.368 e. The minimum Gasteiger partial charge on any atom is -0.368 e. The highest BCUT2D eigenvalue weighted by Crippen LogP contribution is 2.38. The number of nitrogens with one attached hydrogen (secondary N) is 1. The molecule has 0 radical (unpaired) electrons. The number of benzene rings is 2. The van der Waals surface area contributed by atoms with E-state index in [1.807, 2.05) is 22.9 Å². The molecule has 2 saturated heterocycles. The van der Waals surface area contributed by atoms with Gasteiger partial charge >= 0.3 is 0 Å². The highest BCUT2D eigenvalue weighted by atomic mass is 35.5. The van der Waals surface area contributed by atoms with Crippen LogP contribution in [0.4, 0.5) is 28.8 Å². The van der Waals surface area contributed by atoms with Crippen LogP contribution in [-0.2, 0) is 11.3 Å². The van der Waals surface area contributed by atoms with Gasteiger partial charge < -0.3 is 20.0 Å². The number of nitrogens with zero attached hydrogens (tertiary/aromatic N) is 7. The smallest absolute Gasteiger partial charge is 0.265 e. The fourth-order valence-corrected chi connectivity index (χ4v) is 6.56. The molecule has 0 saturated carbocycles. The van der Waals surface area contributed by atoms with Gasteiger partial charge in [-0.1, -0.05) is 29.3 Å². The Morgan fingerprint density at radius 1 is 1.00 bits per heavy atom. The number of anilines is 5.